The summed E-state index contributed by atoms with van der Waals surface area (Å²) in [7, 11) is 0. The molecular formula is C18H16N4O2. The topological polar surface area (TPSA) is 94.1 Å². The molecule has 0 spiro atoms. The lowest BCUT2D eigenvalue weighted by Crippen LogP contribution is -2.02. The average molecular weight is 320 g/mol. The number of aromatic nitrogens is 1. The number of benzene rings is 2. The Morgan fingerprint density at radius 1 is 1.08 bits per heavy atom. The van der Waals surface area contributed by atoms with Gasteiger partial charge in [0.25, 0.3) is 0 Å². The molecule has 6 heteroatoms. The molecule has 0 saturated heterocycles. The molecule has 0 radical (unpaired) electrons. The van der Waals surface area contributed by atoms with E-state index in [1.165, 1.54) is 6.07 Å². The minimum atomic E-state index is -0.448. The molecule has 0 atom stereocenters. The van der Waals surface area contributed by atoms with Gasteiger partial charge in [0.2, 0.25) is 5.82 Å². The molecule has 3 N–H and O–H groups in total. The Morgan fingerprint density at radius 3 is 2.50 bits per heavy atom. The molecule has 0 saturated carbocycles. The van der Waals surface area contributed by atoms with Gasteiger partial charge in [-0.15, -0.1) is 0 Å². The molecule has 0 aliphatic rings. The Labute approximate surface area is 139 Å². The van der Waals surface area contributed by atoms with Crippen molar-refractivity contribution in [3.63, 3.8) is 0 Å². The summed E-state index contributed by atoms with van der Waals surface area (Å²) >= 11 is 0. The van der Waals surface area contributed by atoms with Crippen molar-refractivity contribution in [3.05, 3.63) is 76.3 Å². The van der Waals surface area contributed by atoms with Gasteiger partial charge in [-0.05, 0) is 36.8 Å². The van der Waals surface area contributed by atoms with Crippen molar-refractivity contribution in [2.24, 2.45) is 0 Å². The van der Waals surface area contributed by atoms with Gasteiger partial charge in [0.15, 0.2) is 0 Å². The maximum Gasteiger partial charge on any atom is 0.311 e. The molecule has 3 rings (SSSR count). The third-order valence-corrected chi connectivity index (χ3v) is 3.64. The lowest BCUT2D eigenvalue weighted by molar-refractivity contribution is -0.384. The summed E-state index contributed by atoms with van der Waals surface area (Å²) in [6.07, 6.45) is 0. The molecule has 0 bridgehead atoms. The number of nitro groups is 1. The molecule has 3 aromatic rings. The normalized spacial score (nSPS) is 10.4. The average Bonchev–Trinajstić information content (AvgIpc) is 2.58. The third-order valence-electron chi connectivity index (χ3n) is 3.64. The molecule has 1 aromatic heterocycles. The van der Waals surface area contributed by atoms with Gasteiger partial charge in [-0.1, -0.05) is 30.3 Å². The summed E-state index contributed by atoms with van der Waals surface area (Å²) in [5.74, 6) is 0.203. The summed E-state index contributed by atoms with van der Waals surface area (Å²) in [6.45, 7) is 1.88. The van der Waals surface area contributed by atoms with Crippen LogP contribution in [0.1, 0.15) is 5.56 Å². The number of nitrogens with two attached hydrogens (primary N) is 1. The standard InChI is InChI=1S/C18H16N4O2/c1-12-11-14(19)7-8-15(12)20-18-17(22(23)24)10-9-16(21-18)13-5-3-2-4-6-13/h2-11H,19H2,1H3,(H,20,21). The monoisotopic (exact) mass is 320 g/mol. The highest BCUT2D eigenvalue weighted by atomic mass is 16.6. The predicted molar refractivity (Wildman–Crippen MR) is 95.2 cm³/mol. The fourth-order valence-corrected chi connectivity index (χ4v) is 2.42. The molecule has 6 nitrogen and oxygen atoms in total. The van der Waals surface area contributed by atoms with Crippen molar-refractivity contribution in [1.29, 1.82) is 0 Å². The van der Waals surface area contributed by atoms with Crippen LogP contribution in [0.25, 0.3) is 11.3 Å². The lowest BCUT2D eigenvalue weighted by atomic mass is 10.1. The third kappa shape index (κ3) is 3.17. The van der Waals surface area contributed by atoms with Crippen LogP contribution < -0.4 is 11.1 Å². The number of pyridine rings is 1. The number of hydrogen-bond donors (Lipinski definition) is 2. The van der Waals surface area contributed by atoms with Crippen LogP contribution in [-0.2, 0) is 0 Å². The van der Waals surface area contributed by atoms with Crippen molar-refractivity contribution in [1.82, 2.24) is 4.98 Å². The van der Waals surface area contributed by atoms with Crippen LogP contribution in [0.4, 0.5) is 22.9 Å². The van der Waals surface area contributed by atoms with Gasteiger partial charge in [0.05, 0.1) is 10.6 Å². The molecule has 2 aromatic carbocycles. The van der Waals surface area contributed by atoms with Crippen molar-refractivity contribution in [2.75, 3.05) is 11.1 Å². The Morgan fingerprint density at radius 2 is 1.83 bits per heavy atom. The smallest absolute Gasteiger partial charge is 0.311 e. The van der Waals surface area contributed by atoms with E-state index in [2.05, 4.69) is 10.3 Å². The van der Waals surface area contributed by atoms with E-state index < -0.39 is 4.92 Å². The zero-order chi connectivity index (χ0) is 17.1. The Balaban J connectivity index is 2.05. The second kappa shape index (κ2) is 6.37. The lowest BCUT2D eigenvalue weighted by Gasteiger charge is -2.11. The van der Waals surface area contributed by atoms with Crippen molar-refractivity contribution >= 4 is 22.9 Å². The van der Waals surface area contributed by atoms with Gasteiger partial charge in [-0.2, -0.15) is 0 Å². The summed E-state index contributed by atoms with van der Waals surface area (Å²) < 4.78 is 0. The highest BCUT2D eigenvalue weighted by Gasteiger charge is 2.17. The number of nitrogens with zero attached hydrogens (tertiary/aromatic N) is 2. The first-order valence-corrected chi connectivity index (χ1v) is 7.38. The van der Waals surface area contributed by atoms with E-state index in [0.29, 0.717) is 11.4 Å². The first-order valence-electron chi connectivity index (χ1n) is 7.38. The minimum absolute atomic E-state index is 0.0779. The molecule has 0 aliphatic heterocycles. The van der Waals surface area contributed by atoms with E-state index in [1.54, 1.807) is 24.3 Å². The van der Waals surface area contributed by atoms with E-state index in [0.717, 1.165) is 16.8 Å². The summed E-state index contributed by atoms with van der Waals surface area (Å²) in [4.78, 5) is 15.3. The molecule has 0 aliphatic carbocycles. The highest BCUT2D eigenvalue weighted by Crippen LogP contribution is 2.30. The second-order valence-corrected chi connectivity index (χ2v) is 5.39. The van der Waals surface area contributed by atoms with Crippen LogP contribution in [0.15, 0.2) is 60.7 Å². The molecule has 24 heavy (non-hydrogen) atoms. The van der Waals surface area contributed by atoms with E-state index in [4.69, 9.17) is 5.73 Å². The molecular weight excluding hydrogens is 304 g/mol. The first-order chi connectivity index (χ1) is 11.5. The van der Waals surface area contributed by atoms with Crippen LogP contribution >= 0.6 is 0 Å². The molecule has 0 unspecified atom stereocenters. The van der Waals surface area contributed by atoms with Crippen LogP contribution in [0.2, 0.25) is 0 Å². The number of rotatable bonds is 4. The molecule has 1 heterocycles. The van der Waals surface area contributed by atoms with Gasteiger partial charge >= 0.3 is 5.69 Å². The zero-order valence-corrected chi connectivity index (χ0v) is 13.1. The van der Waals surface area contributed by atoms with Crippen molar-refractivity contribution in [3.8, 4) is 11.3 Å². The van der Waals surface area contributed by atoms with Crippen LogP contribution in [0.5, 0.6) is 0 Å². The quantitative estimate of drug-likeness (QED) is 0.425. The van der Waals surface area contributed by atoms with Gasteiger partial charge in [0.1, 0.15) is 0 Å². The molecule has 0 fully saturated rings. The fraction of sp³-hybridized carbons (Fsp3) is 0.0556. The summed E-state index contributed by atoms with van der Waals surface area (Å²) in [5, 5.41) is 14.4. The number of anilines is 3. The predicted octanol–water partition coefficient (Wildman–Crippen LogP) is 4.29. The van der Waals surface area contributed by atoms with Crippen LogP contribution in [-0.4, -0.2) is 9.91 Å². The number of aryl methyl sites for hydroxylation is 1. The summed E-state index contributed by atoms with van der Waals surface area (Å²) in [5.41, 5.74) is 9.48. The number of nitrogens with one attached hydrogen (secondary N) is 1. The van der Waals surface area contributed by atoms with E-state index in [1.807, 2.05) is 37.3 Å². The van der Waals surface area contributed by atoms with Gasteiger partial charge in [0, 0.05) is 23.0 Å². The van der Waals surface area contributed by atoms with Gasteiger partial charge in [-0.3, -0.25) is 10.1 Å². The Kier molecular flexibility index (Phi) is 4.11. The zero-order valence-electron chi connectivity index (χ0n) is 13.1. The number of hydrogen-bond acceptors (Lipinski definition) is 5. The van der Waals surface area contributed by atoms with Gasteiger partial charge < -0.3 is 11.1 Å². The van der Waals surface area contributed by atoms with Crippen molar-refractivity contribution in [2.45, 2.75) is 6.92 Å². The van der Waals surface area contributed by atoms with Gasteiger partial charge in [-0.25, -0.2) is 4.98 Å². The van der Waals surface area contributed by atoms with Crippen LogP contribution in [0, 0.1) is 17.0 Å². The fourth-order valence-electron chi connectivity index (χ4n) is 2.42. The SMILES string of the molecule is Cc1cc(N)ccc1Nc1nc(-c2ccccc2)ccc1[N+](=O)[O-]. The molecule has 0 amide bonds. The van der Waals surface area contributed by atoms with E-state index >= 15 is 0 Å². The van der Waals surface area contributed by atoms with Crippen molar-refractivity contribution < 1.29 is 4.92 Å². The van der Waals surface area contributed by atoms with E-state index in [9.17, 15) is 10.1 Å². The Bertz CT molecular complexity index is 895. The minimum Gasteiger partial charge on any atom is -0.399 e. The first kappa shape index (κ1) is 15.5. The maximum atomic E-state index is 11.3. The Hall–Kier alpha value is -3.41. The summed E-state index contributed by atoms with van der Waals surface area (Å²) in [6, 6.07) is 18.0. The number of nitrogen functional groups attached to an aromatic ring is 1. The highest BCUT2D eigenvalue weighted by molar-refractivity contribution is 5.72. The largest absolute Gasteiger partial charge is 0.399 e. The second-order valence-electron chi connectivity index (χ2n) is 5.39. The van der Waals surface area contributed by atoms with Crippen LogP contribution in [0.3, 0.4) is 0 Å². The van der Waals surface area contributed by atoms with E-state index in [-0.39, 0.29) is 11.5 Å². The maximum absolute atomic E-state index is 11.3. The molecule has 120 valence electrons.